The van der Waals surface area contributed by atoms with Gasteiger partial charge in [-0.1, -0.05) is 12.1 Å². The molecule has 2 rings (SSSR count). The zero-order valence-electron chi connectivity index (χ0n) is 14.6. The van der Waals surface area contributed by atoms with Crippen LogP contribution in [0.3, 0.4) is 0 Å². The van der Waals surface area contributed by atoms with Crippen molar-refractivity contribution in [1.82, 2.24) is 15.6 Å². The van der Waals surface area contributed by atoms with Crippen molar-refractivity contribution in [2.45, 2.75) is 25.8 Å². The first kappa shape index (κ1) is 19.4. The fraction of sp³-hybridized carbons (Fsp3) is 0.316. The molecule has 0 unspecified atom stereocenters. The van der Waals surface area contributed by atoms with Gasteiger partial charge in [0.15, 0.2) is 11.6 Å². The van der Waals surface area contributed by atoms with E-state index in [1.165, 1.54) is 19.2 Å². The van der Waals surface area contributed by atoms with Crippen LogP contribution in [0.4, 0.5) is 4.39 Å². The lowest BCUT2D eigenvalue weighted by molar-refractivity contribution is -0.122. The number of carbonyl (C=O) groups excluding carboxylic acids is 2. The molecule has 7 heteroatoms. The van der Waals surface area contributed by atoms with Gasteiger partial charge in [0.25, 0.3) is 0 Å². The molecule has 0 aliphatic rings. The summed E-state index contributed by atoms with van der Waals surface area (Å²) in [4.78, 5) is 27.5. The fourth-order valence-corrected chi connectivity index (χ4v) is 2.32. The summed E-state index contributed by atoms with van der Waals surface area (Å²) in [6.45, 7) is 0.665. The van der Waals surface area contributed by atoms with Crippen LogP contribution in [0.25, 0.3) is 0 Å². The van der Waals surface area contributed by atoms with Crippen molar-refractivity contribution in [2.75, 3.05) is 13.7 Å². The molecule has 1 aromatic heterocycles. The van der Waals surface area contributed by atoms with E-state index in [9.17, 15) is 14.0 Å². The molecule has 0 saturated heterocycles. The van der Waals surface area contributed by atoms with E-state index in [1.807, 2.05) is 6.07 Å². The number of halogens is 1. The number of amides is 2. The molecule has 0 fully saturated rings. The van der Waals surface area contributed by atoms with E-state index in [4.69, 9.17) is 4.74 Å². The summed E-state index contributed by atoms with van der Waals surface area (Å²) in [6.07, 6.45) is 4.19. The van der Waals surface area contributed by atoms with Gasteiger partial charge in [0.05, 0.1) is 7.11 Å². The second-order valence-electron chi connectivity index (χ2n) is 5.71. The second kappa shape index (κ2) is 10.1. The quantitative estimate of drug-likeness (QED) is 0.717. The molecule has 1 aromatic carbocycles. The number of carbonyl (C=O) groups is 2. The Morgan fingerprint density at radius 1 is 1.12 bits per heavy atom. The van der Waals surface area contributed by atoms with Crippen molar-refractivity contribution in [3.8, 4) is 5.75 Å². The Morgan fingerprint density at radius 2 is 1.92 bits per heavy atom. The Hall–Kier alpha value is -2.96. The average molecular weight is 359 g/mol. The minimum absolute atomic E-state index is 0.147. The van der Waals surface area contributed by atoms with E-state index in [0.717, 1.165) is 5.56 Å². The molecule has 0 aliphatic heterocycles. The number of aryl methyl sites for hydroxylation is 1. The number of methoxy groups -OCH3 is 1. The summed E-state index contributed by atoms with van der Waals surface area (Å²) in [6, 6.07) is 8.29. The number of benzene rings is 1. The molecule has 2 aromatic rings. The van der Waals surface area contributed by atoms with Crippen LogP contribution >= 0.6 is 0 Å². The number of nitrogens with one attached hydrogen (secondary N) is 2. The van der Waals surface area contributed by atoms with Crippen molar-refractivity contribution in [1.29, 1.82) is 0 Å². The highest BCUT2D eigenvalue weighted by atomic mass is 19.1. The van der Waals surface area contributed by atoms with Crippen molar-refractivity contribution >= 4 is 11.8 Å². The molecule has 26 heavy (non-hydrogen) atoms. The summed E-state index contributed by atoms with van der Waals surface area (Å²) >= 11 is 0. The molecule has 0 saturated carbocycles. The van der Waals surface area contributed by atoms with Crippen LogP contribution in [0.1, 0.15) is 24.0 Å². The minimum Gasteiger partial charge on any atom is -0.494 e. The second-order valence-corrected chi connectivity index (χ2v) is 5.71. The third kappa shape index (κ3) is 6.51. The zero-order chi connectivity index (χ0) is 18.8. The van der Waals surface area contributed by atoms with Gasteiger partial charge in [-0.2, -0.15) is 0 Å². The van der Waals surface area contributed by atoms with Gasteiger partial charge >= 0.3 is 0 Å². The predicted molar refractivity (Wildman–Crippen MR) is 95.0 cm³/mol. The molecular formula is C19H22FN3O3. The third-order valence-electron chi connectivity index (χ3n) is 3.74. The summed E-state index contributed by atoms with van der Waals surface area (Å²) in [5.41, 5.74) is 1.63. The molecule has 0 aliphatic carbocycles. The first-order valence-corrected chi connectivity index (χ1v) is 8.33. The Kier molecular flexibility index (Phi) is 7.54. The number of ether oxygens (including phenoxy) is 1. The molecule has 1 heterocycles. The van der Waals surface area contributed by atoms with Gasteiger partial charge in [-0.15, -0.1) is 0 Å². The molecule has 2 amide bonds. The topological polar surface area (TPSA) is 80.3 Å². The van der Waals surface area contributed by atoms with Crippen molar-refractivity contribution in [3.63, 3.8) is 0 Å². The molecule has 138 valence electrons. The van der Waals surface area contributed by atoms with Gasteiger partial charge in [0.2, 0.25) is 11.8 Å². The fourth-order valence-electron chi connectivity index (χ4n) is 2.32. The van der Waals surface area contributed by atoms with E-state index in [1.54, 1.807) is 24.5 Å². The Labute approximate surface area is 151 Å². The van der Waals surface area contributed by atoms with Gasteiger partial charge in [-0.05, 0) is 35.7 Å². The number of rotatable bonds is 9. The third-order valence-corrected chi connectivity index (χ3v) is 3.74. The largest absolute Gasteiger partial charge is 0.494 e. The number of hydrogen-bond acceptors (Lipinski definition) is 4. The number of nitrogens with zero attached hydrogens (tertiary/aromatic N) is 1. The lowest BCUT2D eigenvalue weighted by Gasteiger charge is -2.08. The van der Waals surface area contributed by atoms with Crippen LogP contribution in [0.2, 0.25) is 0 Å². The average Bonchev–Trinajstić information content (AvgIpc) is 2.65. The molecular weight excluding hydrogens is 337 g/mol. The maximum Gasteiger partial charge on any atom is 0.222 e. The van der Waals surface area contributed by atoms with Crippen molar-refractivity contribution in [3.05, 3.63) is 59.7 Å². The lowest BCUT2D eigenvalue weighted by atomic mass is 10.1. The van der Waals surface area contributed by atoms with E-state index in [0.29, 0.717) is 18.5 Å². The Bertz CT molecular complexity index is 738. The molecule has 6 nitrogen and oxygen atoms in total. The number of hydrogen-bond donors (Lipinski definition) is 2. The van der Waals surface area contributed by atoms with Crippen LogP contribution in [-0.2, 0) is 22.6 Å². The van der Waals surface area contributed by atoms with Crippen LogP contribution in [-0.4, -0.2) is 30.5 Å². The van der Waals surface area contributed by atoms with E-state index in [-0.39, 0.29) is 37.0 Å². The molecule has 2 N–H and O–H groups in total. The normalized spacial score (nSPS) is 10.2. The summed E-state index contributed by atoms with van der Waals surface area (Å²) in [5.74, 6) is -0.598. The van der Waals surface area contributed by atoms with Gasteiger partial charge in [0, 0.05) is 38.3 Å². The first-order valence-electron chi connectivity index (χ1n) is 8.33. The van der Waals surface area contributed by atoms with E-state index >= 15 is 0 Å². The first-order chi connectivity index (χ1) is 12.6. The molecule has 0 atom stereocenters. The molecule has 0 spiro atoms. The minimum atomic E-state index is -0.448. The van der Waals surface area contributed by atoms with Gasteiger partial charge in [-0.3, -0.25) is 14.6 Å². The predicted octanol–water partition coefficient (Wildman–Crippen LogP) is 1.98. The number of pyridine rings is 1. The van der Waals surface area contributed by atoms with Gasteiger partial charge in [-0.25, -0.2) is 4.39 Å². The lowest BCUT2D eigenvalue weighted by Crippen LogP contribution is -2.30. The van der Waals surface area contributed by atoms with Crippen LogP contribution in [0.5, 0.6) is 5.75 Å². The standard InChI is InChI=1S/C19H22FN3O3/c1-26-17-6-4-14(11-16(17)20)5-7-18(24)22-10-8-19(25)23-13-15-3-2-9-21-12-15/h2-4,6,9,11-12H,5,7-8,10,13H2,1H3,(H,22,24)(H,23,25). The maximum absolute atomic E-state index is 13.6. The van der Waals surface area contributed by atoms with E-state index in [2.05, 4.69) is 15.6 Å². The number of aromatic nitrogens is 1. The van der Waals surface area contributed by atoms with Crippen LogP contribution in [0.15, 0.2) is 42.7 Å². The van der Waals surface area contributed by atoms with E-state index < -0.39 is 5.82 Å². The Balaban J connectivity index is 1.62. The summed E-state index contributed by atoms with van der Waals surface area (Å²) in [7, 11) is 1.40. The molecule has 0 bridgehead atoms. The van der Waals surface area contributed by atoms with Gasteiger partial charge < -0.3 is 15.4 Å². The van der Waals surface area contributed by atoms with Crippen molar-refractivity contribution in [2.24, 2.45) is 0 Å². The van der Waals surface area contributed by atoms with Crippen LogP contribution < -0.4 is 15.4 Å². The van der Waals surface area contributed by atoms with Gasteiger partial charge in [0.1, 0.15) is 0 Å². The smallest absolute Gasteiger partial charge is 0.222 e. The SMILES string of the molecule is COc1ccc(CCC(=O)NCCC(=O)NCc2cccnc2)cc1F. The monoisotopic (exact) mass is 359 g/mol. The van der Waals surface area contributed by atoms with Crippen molar-refractivity contribution < 1.29 is 18.7 Å². The summed E-state index contributed by atoms with van der Waals surface area (Å²) < 4.78 is 18.4. The van der Waals surface area contributed by atoms with Crippen LogP contribution in [0, 0.1) is 5.82 Å². The highest BCUT2D eigenvalue weighted by molar-refractivity contribution is 5.79. The highest BCUT2D eigenvalue weighted by Gasteiger charge is 2.07. The maximum atomic E-state index is 13.6. The Morgan fingerprint density at radius 3 is 2.62 bits per heavy atom. The molecule has 0 radical (unpaired) electrons. The summed E-state index contributed by atoms with van der Waals surface area (Å²) in [5, 5.41) is 5.45. The zero-order valence-corrected chi connectivity index (χ0v) is 14.6. The highest BCUT2D eigenvalue weighted by Crippen LogP contribution is 2.18.